The number of hydrogen-bond donors (Lipinski definition) is 0. The molecule has 0 aliphatic rings. The molecule has 0 radical (unpaired) electrons. The quantitative estimate of drug-likeness (QED) is 0.356. The Hall–Kier alpha value is -0.830. The molecular formula is C7H2BrF4NO2S. The van der Waals surface area contributed by atoms with Crippen molar-refractivity contribution in [2.45, 2.75) is 10.4 Å². The molecule has 0 unspecified atom stereocenters. The van der Waals surface area contributed by atoms with Crippen LogP contribution in [-0.4, -0.2) is 10.4 Å². The summed E-state index contributed by atoms with van der Waals surface area (Å²) in [5, 5.41) is 10.3. The number of alkyl halides is 3. The third-order valence-electron chi connectivity index (χ3n) is 1.41. The zero-order valence-corrected chi connectivity index (χ0v) is 9.62. The highest BCUT2D eigenvalue weighted by Gasteiger charge is 2.31. The average molecular weight is 320 g/mol. The fourth-order valence-corrected chi connectivity index (χ4v) is 2.09. The Kier molecular flexibility index (Phi) is 3.79. The van der Waals surface area contributed by atoms with E-state index < -0.39 is 38.6 Å². The zero-order chi connectivity index (χ0) is 12.5. The van der Waals surface area contributed by atoms with Gasteiger partial charge in [-0.05, 0) is 33.8 Å². The summed E-state index contributed by atoms with van der Waals surface area (Å²) < 4.78 is 48.7. The van der Waals surface area contributed by atoms with E-state index in [9.17, 15) is 27.7 Å². The van der Waals surface area contributed by atoms with Crippen LogP contribution >= 0.6 is 27.7 Å². The largest absolute Gasteiger partial charge is 0.446 e. The molecule has 88 valence electrons. The van der Waals surface area contributed by atoms with E-state index in [1.807, 2.05) is 0 Å². The van der Waals surface area contributed by atoms with Gasteiger partial charge in [0.25, 0.3) is 0 Å². The molecule has 1 aromatic rings. The summed E-state index contributed by atoms with van der Waals surface area (Å²) in [6, 6.07) is 1.37. The molecular weight excluding hydrogens is 318 g/mol. The van der Waals surface area contributed by atoms with Gasteiger partial charge in [-0.15, -0.1) is 0 Å². The maximum Gasteiger partial charge on any atom is 0.446 e. The predicted octanol–water partition coefficient (Wildman–Crippen LogP) is 4.11. The first-order valence-corrected chi connectivity index (χ1v) is 5.21. The summed E-state index contributed by atoms with van der Waals surface area (Å²) in [4.78, 5) is 8.81. The molecule has 0 bridgehead atoms. The lowest BCUT2D eigenvalue weighted by atomic mass is 10.3. The fraction of sp³-hybridized carbons (Fsp3) is 0.143. The van der Waals surface area contributed by atoms with E-state index >= 15 is 0 Å². The second-order valence-electron chi connectivity index (χ2n) is 2.54. The number of nitrogens with zero attached hydrogens (tertiary/aromatic N) is 1. The van der Waals surface area contributed by atoms with Crippen LogP contribution in [0, 0.1) is 15.9 Å². The number of thioether (sulfide) groups is 1. The summed E-state index contributed by atoms with van der Waals surface area (Å²) in [7, 11) is 0. The van der Waals surface area contributed by atoms with Crippen molar-refractivity contribution in [2.24, 2.45) is 0 Å². The fourth-order valence-electron chi connectivity index (χ4n) is 0.876. The Morgan fingerprint density at radius 3 is 2.38 bits per heavy atom. The monoisotopic (exact) mass is 319 g/mol. The van der Waals surface area contributed by atoms with Crippen LogP contribution < -0.4 is 0 Å². The van der Waals surface area contributed by atoms with Gasteiger partial charge in [0, 0.05) is 11.0 Å². The van der Waals surface area contributed by atoms with Gasteiger partial charge in [0.1, 0.15) is 0 Å². The molecule has 0 spiro atoms. The third kappa shape index (κ3) is 3.34. The summed E-state index contributed by atoms with van der Waals surface area (Å²) >= 11 is 2.07. The van der Waals surface area contributed by atoms with Gasteiger partial charge < -0.3 is 0 Å². The lowest BCUT2D eigenvalue weighted by Crippen LogP contribution is -2.00. The molecule has 0 aromatic heterocycles. The molecule has 0 atom stereocenters. The first-order valence-electron chi connectivity index (χ1n) is 3.60. The van der Waals surface area contributed by atoms with Gasteiger partial charge in [0.15, 0.2) is 0 Å². The summed E-state index contributed by atoms with van der Waals surface area (Å²) in [5.74, 6) is -1.20. The smallest absolute Gasteiger partial charge is 0.258 e. The van der Waals surface area contributed by atoms with Crippen LogP contribution in [0.15, 0.2) is 21.5 Å². The molecule has 0 saturated carbocycles. The standard InChI is InChI=1S/C7H2BrF4NO2S/c8-4-1-3(16-7(10,11)12)2-5(6(4)9)13(14)15/h1-2H. The van der Waals surface area contributed by atoms with Crippen LogP contribution in [-0.2, 0) is 0 Å². The molecule has 0 heterocycles. The van der Waals surface area contributed by atoms with E-state index in [0.29, 0.717) is 6.07 Å². The number of rotatable bonds is 2. The summed E-state index contributed by atoms with van der Waals surface area (Å²) in [5.41, 5.74) is -5.58. The van der Waals surface area contributed by atoms with Crippen molar-refractivity contribution < 1.29 is 22.5 Å². The van der Waals surface area contributed by atoms with Crippen molar-refractivity contribution in [1.29, 1.82) is 0 Å². The Morgan fingerprint density at radius 2 is 1.94 bits per heavy atom. The average Bonchev–Trinajstić information content (AvgIpc) is 2.07. The number of nitro benzene ring substituents is 1. The van der Waals surface area contributed by atoms with Crippen LogP contribution in [0.4, 0.5) is 23.2 Å². The molecule has 1 aromatic carbocycles. The van der Waals surface area contributed by atoms with Crippen molar-refractivity contribution in [1.82, 2.24) is 0 Å². The highest BCUT2D eigenvalue weighted by Crippen LogP contribution is 2.40. The molecule has 0 amide bonds. The highest BCUT2D eigenvalue weighted by atomic mass is 79.9. The molecule has 0 N–H and O–H groups in total. The van der Waals surface area contributed by atoms with Gasteiger partial charge in [-0.25, -0.2) is 0 Å². The first-order chi connectivity index (χ1) is 7.20. The minimum absolute atomic E-state index is 0.381. The molecule has 0 saturated heterocycles. The number of hydrogen-bond acceptors (Lipinski definition) is 3. The van der Waals surface area contributed by atoms with Crippen molar-refractivity contribution in [2.75, 3.05) is 0 Å². The van der Waals surface area contributed by atoms with E-state index in [4.69, 9.17) is 0 Å². The van der Waals surface area contributed by atoms with Gasteiger partial charge in [-0.2, -0.15) is 17.6 Å². The van der Waals surface area contributed by atoms with Crippen molar-refractivity contribution in [3.05, 3.63) is 32.5 Å². The molecule has 0 fully saturated rings. The topological polar surface area (TPSA) is 43.1 Å². The van der Waals surface area contributed by atoms with E-state index in [1.165, 1.54) is 0 Å². The van der Waals surface area contributed by atoms with Gasteiger partial charge in [-0.1, -0.05) is 0 Å². The molecule has 3 nitrogen and oxygen atoms in total. The summed E-state index contributed by atoms with van der Waals surface area (Å²) in [6.45, 7) is 0. The molecule has 1 rings (SSSR count). The number of halogens is 5. The Labute approximate surface area is 99.1 Å². The van der Waals surface area contributed by atoms with E-state index in [2.05, 4.69) is 15.9 Å². The van der Waals surface area contributed by atoms with Gasteiger partial charge in [0.05, 0.1) is 9.40 Å². The maximum absolute atomic E-state index is 13.1. The predicted molar refractivity (Wildman–Crippen MR) is 52.7 cm³/mol. The van der Waals surface area contributed by atoms with Crippen LogP contribution in [0.5, 0.6) is 0 Å². The van der Waals surface area contributed by atoms with Crippen LogP contribution in [0.2, 0.25) is 0 Å². The molecule has 9 heteroatoms. The lowest BCUT2D eigenvalue weighted by Gasteiger charge is -2.06. The second-order valence-corrected chi connectivity index (χ2v) is 4.54. The van der Waals surface area contributed by atoms with Crippen molar-refractivity contribution in [3.8, 4) is 0 Å². The van der Waals surface area contributed by atoms with E-state index in [0.717, 1.165) is 6.07 Å². The third-order valence-corrected chi connectivity index (χ3v) is 2.69. The highest BCUT2D eigenvalue weighted by molar-refractivity contribution is 9.10. The maximum atomic E-state index is 13.1. The van der Waals surface area contributed by atoms with Gasteiger partial charge in [0.2, 0.25) is 5.82 Å². The molecule has 0 aliphatic heterocycles. The lowest BCUT2D eigenvalue weighted by molar-refractivity contribution is -0.387. The molecule has 0 aliphatic carbocycles. The molecule has 16 heavy (non-hydrogen) atoms. The first kappa shape index (κ1) is 13.2. The summed E-state index contributed by atoms with van der Waals surface area (Å²) in [6.07, 6.45) is 0. The van der Waals surface area contributed by atoms with Gasteiger partial charge >= 0.3 is 11.2 Å². The van der Waals surface area contributed by atoms with Gasteiger partial charge in [-0.3, -0.25) is 10.1 Å². The van der Waals surface area contributed by atoms with Crippen molar-refractivity contribution >= 4 is 33.4 Å². The van der Waals surface area contributed by atoms with Crippen LogP contribution in [0.25, 0.3) is 0 Å². The van der Waals surface area contributed by atoms with E-state index in [-0.39, 0.29) is 4.47 Å². The Morgan fingerprint density at radius 1 is 1.38 bits per heavy atom. The number of nitro groups is 1. The SMILES string of the molecule is O=[N+]([O-])c1cc(SC(F)(F)F)cc(Br)c1F. The Bertz CT molecular complexity index is 437. The zero-order valence-electron chi connectivity index (χ0n) is 7.22. The number of benzene rings is 1. The van der Waals surface area contributed by atoms with Crippen LogP contribution in [0.3, 0.4) is 0 Å². The van der Waals surface area contributed by atoms with E-state index in [1.54, 1.807) is 0 Å². The minimum atomic E-state index is -4.58. The minimum Gasteiger partial charge on any atom is -0.258 e. The Balaban J connectivity index is 3.19. The normalized spacial score (nSPS) is 11.6. The second kappa shape index (κ2) is 4.58. The van der Waals surface area contributed by atoms with Crippen molar-refractivity contribution in [3.63, 3.8) is 0 Å². The van der Waals surface area contributed by atoms with Crippen LogP contribution in [0.1, 0.15) is 0 Å².